The molecular weight excluding hydrogens is 356 g/mol. The van der Waals surface area contributed by atoms with Crippen molar-refractivity contribution in [2.24, 2.45) is 0 Å². The molecule has 1 N–H and O–H groups in total. The number of aryl methyl sites for hydroxylation is 1. The Labute approximate surface area is 158 Å². The van der Waals surface area contributed by atoms with Crippen LogP contribution in [-0.4, -0.2) is 68.6 Å². The molecule has 0 aromatic carbocycles. The van der Waals surface area contributed by atoms with E-state index in [2.05, 4.69) is 9.88 Å². The van der Waals surface area contributed by atoms with E-state index < -0.39 is 5.97 Å². The molecule has 3 rings (SSSR count). The van der Waals surface area contributed by atoms with Crippen LogP contribution in [0.15, 0.2) is 6.20 Å². The fourth-order valence-electron chi connectivity index (χ4n) is 4.03. The fraction of sp³-hybridized carbons (Fsp3) is 0.722. The van der Waals surface area contributed by atoms with Gasteiger partial charge in [-0.05, 0) is 38.8 Å². The minimum absolute atomic E-state index is 0.114. The summed E-state index contributed by atoms with van der Waals surface area (Å²) in [4.78, 5) is 32.1. The number of aliphatic carboxylic acids is 1. The van der Waals surface area contributed by atoms with Crippen LogP contribution in [0.25, 0.3) is 0 Å². The highest BCUT2D eigenvalue weighted by Gasteiger charge is 2.27. The summed E-state index contributed by atoms with van der Waals surface area (Å²) >= 11 is 5.98. The molecule has 0 atom stereocenters. The van der Waals surface area contributed by atoms with Crippen molar-refractivity contribution in [3.63, 3.8) is 0 Å². The molecule has 2 aliphatic rings. The number of halogens is 1. The Balaban J connectivity index is 1.47. The minimum Gasteiger partial charge on any atom is -0.480 e. The summed E-state index contributed by atoms with van der Waals surface area (Å²) < 4.78 is 1.44. The molecule has 2 saturated heterocycles. The monoisotopic (exact) mass is 382 g/mol. The van der Waals surface area contributed by atoms with Crippen LogP contribution in [0.4, 0.5) is 0 Å². The molecule has 1 aromatic heterocycles. The summed E-state index contributed by atoms with van der Waals surface area (Å²) in [6.45, 7) is 3.79. The third-order valence-corrected chi connectivity index (χ3v) is 5.77. The number of nitrogens with zero attached hydrogens (tertiary/aromatic N) is 4. The third kappa shape index (κ3) is 4.76. The summed E-state index contributed by atoms with van der Waals surface area (Å²) in [6.07, 6.45) is 8.21. The van der Waals surface area contributed by atoms with Gasteiger partial charge in [-0.3, -0.25) is 9.59 Å². The molecule has 3 heterocycles. The SMILES string of the molecule is O=C(O)Cn1c(Cl)cnc1CCC(=O)N1CCC(N2CCCCC2)CC1. The quantitative estimate of drug-likeness (QED) is 0.814. The number of likely N-dealkylation sites (tertiary alicyclic amines) is 2. The van der Waals surface area contributed by atoms with Crippen molar-refractivity contribution in [1.29, 1.82) is 0 Å². The van der Waals surface area contributed by atoms with E-state index in [1.807, 2.05) is 4.90 Å². The highest BCUT2D eigenvalue weighted by Crippen LogP contribution is 2.21. The van der Waals surface area contributed by atoms with Crippen LogP contribution in [0, 0.1) is 0 Å². The van der Waals surface area contributed by atoms with E-state index in [0.717, 1.165) is 25.9 Å². The number of carboxylic acid groups (broad SMARTS) is 1. The van der Waals surface area contributed by atoms with E-state index in [-0.39, 0.29) is 17.6 Å². The van der Waals surface area contributed by atoms with E-state index >= 15 is 0 Å². The topological polar surface area (TPSA) is 78.7 Å². The third-order valence-electron chi connectivity index (χ3n) is 5.47. The Hall–Kier alpha value is -1.60. The molecule has 26 heavy (non-hydrogen) atoms. The Kier molecular flexibility index (Phi) is 6.53. The number of carbonyl (C=O) groups excluding carboxylic acids is 1. The smallest absolute Gasteiger partial charge is 0.323 e. The van der Waals surface area contributed by atoms with Crippen LogP contribution in [0.1, 0.15) is 44.3 Å². The van der Waals surface area contributed by atoms with Gasteiger partial charge < -0.3 is 19.5 Å². The van der Waals surface area contributed by atoms with Gasteiger partial charge in [0.25, 0.3) is 0 Å². The first kappa shape index (κ1) is 19.2. The zero-order valence-corrected chi connectivity index (χ0v) is 15.8. The number of aromatic nitrogens is 2. The van der Waals surface area contributed by atoms with Gasteiger partial charge in [0.2, 0.25) is 5.91 Å². The molecule has 0 spiro atoms. The van der Waals surface area contributed by atoms with Crippen molar-refractivity contribution in [3.8, 4) is 0 Å². The van der Waals surface area contributed by atoms with Crippen LogP contribution < -0.4 is 0 Å². The fourth-order valence-corrected chi connectivity index (χ4v) is 4.24. The molecule has 0 aliphatic carbocycles. The average Bonchev–Trinajstić information content (AvgIpc) is 3.00. The molecule has 2 fully saturated rings. The van der Waals surface area contributed by atoms with Crippen molar-refractivity contribution in [1.82, 2.24) is 19.4 Å². The van der Waals surface area contributed by atoms with Gasteiger partial charge in [-0.25, -0.2) is 4.98 Å². The van der Waals surface area contributed by atoms with Gasteiger partial charge in [0.05, 0.1) is 6.20 Å². The number of amides is 1. The maximum absolute atomic E-state index is 12.5. The number of piperidine rings is 2. The number of rotatable bonds is 6. The van der Waals surface area contributed by atoms with E-state index in [1.54, 1.807) is 0 Å². The molecule has 0 bridgehead atoms. The van der Waals surface area contributed by atoms with Gasteiger partial charge in [0.1, 0.15) is 17.5 Å². The predicted molar refractivity (Wildman–Crippen MR) is 98.2 cm³/mol. The standard InChI is InChI=1S/C18H27ClN4O3/c19-15-12-20-16(23(15)13-18(25)26)4-5-17(24)22-10-6-14(7-11-22)21-8-2-1-3-9-21/h12,14H,1-11,13H2,(H,25,26). The number of hydrogen-bond acceptors (Lipinski definition) is 4. The largest absolute Gasteiger partial charge is 0.480 e. The maximum Gasteiger partial charge on any atom is 0.323 e. The summed E-state index contributed by atoms with van der Waals surface area (Å²) in [5.74, 6) is -0.311. The second-order valence-electron chi connectivity index (χ2n) is 7.19. The lowest BCUT2D eigenvalue weighted by molar-refractivity contribution is -0.137. The second-order valence-corrected chi connectivity index (χ2v) is 7.57. The molecule has 0 radical (unpaired) electrons. The van der Waals surface area contributed by atoms with Crippen molar-refractivity contribution < 1.29 is 14.7 Å². The normalized spacial score (nSPS) is 19.7. The van der Waals surface area contributed by atoms with E-state index in [9.17, 15) is 9.59 Å². The summed E-state index contributed by atoms with van der Waals surface area (Å²) in [5.41, 5.74) is 0. The first-order valence-corrected chi connectivity index (χ1v) is 9.86. The van der Waals surface area contributed by atoms with Crippen LogP contribution in [0.3, 0.4) is 0 Å². The molecule has 144 valence electrons. The van der Waals surface area contributed by atoms with Crippen molar-refractivity contribution in [3.05, 3.63) is 17.2 Å². The number of imidazole rings is 1. The predicted octanol–water partition coefficient (Wildman–Crippen LogP) is 2.03. The zero-order valence-electron chi connectivity index (χ0n) is 15.1. The number of hydrogen-bond donors (Lipinski definition) is 1. The van der Waals surface area contributed by atoms with E-state index in [0.29, 0.717) is 24.7 Å². The molecule has 1 amide bonds. The lowest BCUT2D eigenvalue weighted by atomic mass is 9.99. The van der Waals surface area contributed by atoms with Gasteiger partial charge in [-0.1, -0.05) is 18.0 Å². The molecule has 8 heteroatoms. The highest BCUT2D eigenvalue weighted by molar-refractivity contribution is 6.29. The Morgan fingerprint density at radius 2 is 1.85 bits per heavy atom. The molecule has 2 aliphatic heterocycles. The van der Waals surface area contributed by atoms with Crippen LogP contribution in [0.5, 0.6) is 0 Å². The van der Waals surface area contributed by atoms with Gasteiger partial charge in [-0.15, -0.1) is 0 Å². The Bertz CT molecular complexity index is 634. The maximum atomic E-state index is 12.5. The first-order valence-electron chi connectivity index (χ1n) is 9.48. The van der Waals surface area contributed by atoms with Crippen LogP contribution in [0.2, 0.25) is 5.15 Å². The summed E-state index contributed by atoms with van der Waals surface area (Å²) in [5, 5.41) is 9.25. The van der Waals surface area contributed by atoms with Crippen LogP contribution >= 0.6 is 11.6 Å². The lowest BCUT2D eigenvalue weighted by Gasteiger charge is -2.40. The Morgan fingerprint density at radius 1 is 1.15 bits per heavy atom. The average molecular weight is 383 g/mol. The summed E-state index contributed by atoms with van der Waals surface area (Å²) in [6, 6.07) is 0.618. The molecule has 0 saturated carbocycles. The molecular formula is C18H27ClN4O3. The van der Waals surface area contributed by atoms with E-state index in [4.69, 9.17) is 16.7 Å². The first-order chi connectivity index (χ1) is 12.5. The number of carbonyl (C=O) groups is 2. The van der Waals surface area contributed by atoms with Crippen molar-refractivity contribution in [2.75, 3.05) is 26.2 Å². The van der Waals surface area contributed by atoms with Gasteiger partial charge in [0, 0.05) is 32.0 Å². The summed E-state index contributed by atoms with van der Waals surface area (Å²) in [7, 11) is 0. The van der Waals surface area contributed by atoms with Gasteiger partial charge in [0.15, 0.2) is 0 Å². The van der Waals surface area contributed by atoms with Crippen molar-refractivity contribution >= 4 is 23.5 Å². The van der Waals surface area contributed by atoms with Crippen LogP contribution in [-0.2, 0) is 22.6 Å². The molecule has 0 unspecified atom stereocenters. The second kappa shape index (κ2) is 8.86. The lowest BCUT2D eigenvalue weighted by Crippen LogP contribution is -2.48. The Morgan fingerprint density at radius 3 is 2.50 bits per heavy atom. The van der Waals surface area contributed by atoms with Gasteiger partial charge >= 0.3 is 5.97 Å². The highest BCUT2D eigenvalue weighted by atomic mass is 35.5. The van der Waals surface area contributed by atoms with Gasteiger partial charge in [-0.2, -0.15) is 0 Å². The molecule has 1 aromatic rings. The minimum atomic E-state index is -0.975. The molecule has 7 nitrogen and oxygen atoms in total. The zero-order chi connectivity index (χ0) is 18.5. The van der Waals surface area contributed by atoms with Crippen molar-refractivity contribution in [2.45, 2.75) is 57.5 Å². The van der Waals surface area contributed by atoms with E-state index in [1.165, 1.54) is 43.1 Å². The number of carboxylic acids is 1.